The van der Waals surface area contributed by atoms with Crippen molar-refractivity contribution in [1.29, 1.82) is 0 Å². The number of hydrogen-bond acceptors (Lipinski definition) is 4. The van der Waals surface area contributed by atoms with Crippen molar-refractivity contribution in [3.05, 3.63) is 30.1 Å². The van der Waals surface area contributed by atoms with Gasteiger partial charge in [-0.25, -0.2) is 0 Å². The molecule has 5 nitrogen and oxygen atoms in total. The standard InChI is InChI=1S/C17H25N3O2/c21-16-12-20(11-13-4-1-2-5-13)9-7-15(16)19-17(22)14-6-3-8-18-10-14/h3,6,8,10,13,15-16,21H,1-2,4-5,7,9,11-12H2,(H,19,22)/t15-,16-/m1/s1. The first kappa shape index (κ1) is 15.4. The van der Waals surface area contributed by atoms with Gasteiger partial charge in [-0.3, -0.25) is 9.78 Å². The van der Waals surface area contributed by atoms with Gasteiger partial charge in [0.1, 0.15) is 0 Å². The monoisotopic (exact) mass is 303 g/mol. The molecule has 1 aromatic rings. The normalized spacial score (nSPS) is 27.0. The molecule has 1 aromatic heterocycles. The Morgan fingerprint density at radius 1 is 1.36 bits per heavy atom. The van der Waals surface area contributed by atoms with Gasteiger partial charge in [0.2, 0.25) is 0 Å². The summed E-state index contributed by atoms with van der Waals surface area (Å²) in [4.78, 5) is 18.5. The van der Waals surface area contributed by atoms with E-state index in [2.05, 4.69) is 15.2 Å². The van der Waals surface area contributed by atoms with Gasteiger partial charge in [-0.2, -0.15) is 0 Å². The number of aliphatic hydroxyl groups excluding tert-OH is 1. The molecule has 0 aromatic carbocycles. The van der Waals surface area contributed by atoms with E-state index < -0.39 is 6.10 Å². The first-order valence-corrected chi connectivity index (χ1v) is 8.33. The molecule has 120 valence electrons. The van der Waals surface area contributed by atoms with Gasteiger partial charge in [0.25, 0.3) is 5.91 Å². The highest BCUT2D eigenvalue weighted by Gasteiger charge is 2.30. The van der Waals surface area contributed by atoms with Crippen molar-refractivity contribution in [3.63, 3.8) is 0 Å². The summed E-state index contributed by atoms with van der Waals surface area (Å²) in [5, 5.41) is 13.3. The van der Waals surface area contributed by atoms with Gasteiger partial charge in [-0.1, -0.05) is 12.8 Å². The highest BCUT2D eigenvalue weighted by molar-refractivity contribution is 5.94. The molecule has 2 fully saturated rings. The summed E-state index contributed by atoms with van der Waals surface area (Å²) in [6, 6.07) is 3.33. The van der Waals surface area contributed by atoms with Crippen LogP contribution in [0.2, 0.25) is 0 Å². The molecule has 1 aliphatic heterocycles. The van der Waals surface area contributed by atoms with Crippen LogP contribution in [0.15, 0.2) is 24.5 Å². The fourth-order valence-electron chi connectivity index (χ4n) is 3.64. The number of rotatable bonds is 4. The first-order chi connectivity index (χ1) is 10.7. The Bertz CT molecular complexity index is 488. The minimum atomic E-state index is -0.490. The summed E-state index contributed by atoms with van der Waals surface area (Å²) in [6.07, 6.45) is 8.87. The van der Waals surface area contributed by atoms with E-state index in [1.54, 1.807) is 24.5 Å². The minimum absolute atomic E-state index is 0.151. The lowest BCUT2D eigenvalue weighted by Crippen LogP contribution is -2.54. The molecule has 0 unspecified atom stereocenters. The van der Waals surface area contributed by atoms with Crippen molar-refractivity contribution in [2.75, 3.05) is 19.6 Å². The zero-order chi connectivity index (χ0) is 15.4. The number of hydrogen-bond donors (Lipinski definition) is 2. The predicted octanol–water partition coefficient (Wildman–Crippen LogP) is 1.44. The number of aliphatic hydroxyl groups is 1. The van der Waals surface area contributed by atoms with Crippen molar-refractivity contribution >= 4 is 5.91 Å². The van der Waals surface area contributed by atoms with E-state index in [0.717, 1.165) is 25.4 Å². The largest absolute Gasteiger partial charge is 0.390 e. The van der Waals surface area contributed by atoms with Crippen LogP contribution in [0.4, 0.5) is 0 Å². The summed E-state index contributed by atoms with van der Waals surface area (Å²) < 4.78 is 0. The van der Waals surface area contributed by atoms with E-state index in [4.69, 9.17) is 0 Å². The molecular weight excluding hydrogens is 278 g/mol. The number of nitrogens with zero attached hydrogens (tertiary/aromatic N) is 2. The number of piperidine rings is 1. The van der Waals surface area contributed by atoms with Crippen LogP contribution in [-0.2, 0) is 0 Å². The topological polar surface area (TPSA) is 65.5 Å². The highest BCUT2D eigenvalue weighted by atomic mass is 16.3. The molecular formula is C17H25N3O2. The Labute approximate surface area is 131 Å². The number of aromatic nitrogens is 1. The fourth-order valence-corrected chi connectivity index (χ4v) is 3.64. The quantitative estimate of drug-likeness (QED) is 0.883. The Morgan fingerprint density at radius 2 is 2.18 bits per heavy atom. The maximum Gasteiger partial charge on any atom is 0.253 e. The van der Waals surface area contributed by atoms with Crippen LogP contribution in [-0.4, -0.2) is 52.7 Å². The van der Waals surface area contributed by atoms with Crippen LogP contribution in [0.1, 0.15) is 42.5 Å². The summed E-state index contributed by atoms with van der Waals surface area (Å²) in [6.45, 7) is 2.71. The number of likely N-dealkylation sites (tertiary alicyclic amines) is 1. The molecule has 0 radical (unpaired) electrons. The summed E-state index contributed by atoms with van der Waals surface area (Å²) in [7, 11) is 0. The Hall–Kier alpha value is -1.46. The molecule has 2 heterocycles. The highest BCUT2D eigenvalue weighted by Crippen LogP contribution is 2.26. The van der Waals surface area contributed by atoms with Gasteiger partial charge in [-0.05, 0) is 37.3 Å². The SMILES string of the molecule is O=C(N[C@@H]1CCN(CC2CCCC2)C[C@H]1O)c1cccnc1. The molecule has 1 saturated carbocycles. The van der Waals surface area contributed by atoms with E-state index in [1.165, 1.54) is 25.7 Å². The predicted molar refractivity (Wildman–Crippen MR) is 84.5 cm³/mol. The number of β-amino-alcohol motifs (C(OH)–C–C–N with tert-alkyl or cyclic N) is 1. The van der Waals surface area contributed by atoms with Crippen molar-refractivity contribution in [2.24, 2.45) is 5.92 Å². The molecule has 5 heteroatoms. The number of pyridine rings is 1. The number of amides is 1. The average Bonchev–Trinajstić information content (AvgIpc) is 3.04. The van der Waals surface area contributed by atoms with E-state index in [9.17, 15) is 9.90 Å². The second kappa shape index (κ2) is 7.20. The lowest BCUT2D eigenvalue weighted by atomic mass is 9.99. The molecule has 0 spiro atoms. The molecule has 3 rings (SSSR count). The third-order valence-corrected chi connectivity index (χ3v) is 4.90. The lowest BCUT2D eigenvalue weighted by Gasteiger charge is -2.37. The van der Waals surface area contributed by atoms with Gasteiger partial charge >= 0.3 is 0 Å². The van der Waals surface area contributed by atoms with Crippen molar-refractivity contribution in [1.82, 2.24) is 15.2 Å². The number of carbonyl (C=O) groups is 1. The zero-order valence-electron chi connectivity index (χ0n) is 12.9. The van der Waals surface area contributed by atoms with Crippen molar-refractivity contribution in [3.8, 4) is 0 Å². The third kappa shape index (κ3) is 3.84. The Kier molecular flexibility index (Phi) is 5.05. The van der Waals surface area contributed by atoms with Gasteiger partial charge in [-0.15, -0.1) is 0 Å². The number of nitrogens with one attached hydrogen (secondary N) is 1. The van der Waals surface area contributed by atoms with Crippen LogP contribution >= 0.6 is 0 Å². The van der Waals surface area contributed by atoms with E-state index in [-0.39, 0.29) is 11.9 Å². The Balaban J connectivity index is 1.49. The molecule has 2 atom stereocenters. The summed E-state index contributed by atoms with van der Waals surface area (Å²) in [5.74, 6) is 0.648. The lowest BCUT2D eigenvalue weighted by molar-refractivity contribution is 0.0324. The first-order valence-electron chi connectivity index (χ1n) is 8.33. The molecule has 22 heavy (non-hydrogen) atoms. The maximum absolute atomic E-state index is 12.1. The smallest absolute Gasteiger partial charge is 0.253 e. The second-order valence-electron chi connectivity index (χ2n) is 6.59. The van der Waals surface area contributed by atoms with E-state index in [0.29, 0.717) is 12.1 Å². The minimum Gasteiger partial charge on any atom is -0.390 e. The molecule has 0 bridgehead atoms. The third-order valence-electron chi connectivity index (χ3n) is 4.90. The van der Waals surface area contributed by atoms with Crippen molar-refractivity contribution < 1.29 is 9.90 Å². The van der Waals surface area contributed by atoms with Crippen molar-refractivity contribution in [2.45, 2.75) is 44.2 Å². The van der Waals surface area contributed by atoms with Gasteiger partial charge in [0.05, 0.1) is 17.7 Å². The maximum atomic E-state index is 12.1. The molecule has 1 saturated heterocycles. The van der Waals surface area contributed by atoms with Gasteiger partial charge in [0.15, 0.2) is 0 Å². The second-order valence-corrected chi connectivity index (χ2v) is 6.59. The molecule has 2 aliphatic rings. The number of carbonyl (C=O) groups excluding carboxylic acids is 1. The van der Waals surface area contributed by atoms with Gasteiger partial charge < -0.3 is 15.3 Å². The molecule has 2 N–H and O–H groups in total. The van der Waals surface area contributed by atoms with Crippen LogP contribution in [0, 0.1) is 5.92 Å². The molecule has 1 amide bonds. The zero-order valence-corrected chi connectivity index (χ0v) is 12.9. The van der Waals surface area contributed by atoms with Crippen LogP contribution < -0.4 is 5.32 Å². The molecule has 1 aliphatic carbocycles. The van der Waals surface area contributed by atoms with Crippen LogP contribution in [0.5, 0.6) is 0 Å². The average molecular weight is 303 g/mol. The summed E-state index contributed by atoms with van der Waals surface area (Å²) in [5.41, 5.74) is 0.545. The fraction of sp³-hybridized carbons (Fsp3) is 0.647. The van der Waals surface area contributed by atoms with E-state index >= 15 is 0 Å². The van der Waals surface area contributed by atoms with E-state index in [1.807, 2.05) is 0 Å². The van der Waals surface area contributed by atoms with Crippen LogP contribution in [0.25, 0.3) is 0 Å². The summed E-state index contributed by atoms with van der Waals surface area (Å²) >= 11 is 0. The van der Waals surface area contributed by atoms with Gasteiger partial charge in [0, 0.05) is 32.0 Å². The Morgan fingerprint density at radius 3 is 2.86 bits per heavy atom. The van der Waals surface area contributed by atoms with Crippen LogP contribution in [0.3, 0.4) is 0 Å².